The molecule has 0 N–H and O–H groups in total. The van der Waals surface area contributed by atoms with Crippen LogP contribution in [-0.4, -0.2) is 22.4 Å². The molecule has 2 heterocycles. The number of piperidine rings is 1. The Hall–Kier alpha value is -1.68. The normalized spacial score (nSPS) is 16.5. The molecule has 0 aliphatic carbocycles. The molecule has 2 aromatic rings. The lowest BCUT2D eigenvalue weighted by atomic mass is 9.98. The van der Waals surface area contributed by atoms with Crippen LogP contribution in [0.2, 0.25) is 0 Å². The van der Waals surface area contributed by atoms with Crippen molar-refractivity contribution >= 4 is 16.7 Å². The third kappa shape index (κ3) is 2.68. The zero-order valence-electron chi connectivity index (χ0n) is 10.8. The van der Waals surface area contributed by atoms with Crippen LogP contribution in [0.4, 0.5) is 5.13 Å². The fraction of sp³-hybridized carbons (Fsp3) is 0.333. The summed E-state index contributed by atoms with van der Waals surface area (Å²) in [7, 11) is 0. The van der Waals surface area contributed by atoms with Gasteiger partial charge in [0.1, 0.15) is 0 Å². The van der Waals surface area contributed by atoms with Gasteiger partial charge in [-0.1, -0.05) is 36.4 Å². The zero-order chi connectivity index (χ0) is 13.1. The summed E-state index contributed by atoms with van der Waals surface area (Å²) in [5.74, 6) is 1.50. The summed E-state index contributed by atoms with van der Waals surface area (Å²) >= 11 is 1.50. The second-order valence-electron chi connectivity index (χ2n) is 4.83. The van der Waals surface area contributed by atoms with Crippen molar-refractivity contribution in [3.63, 3.8) is 0 Å². The lowest BCUT2D eigenvalue weighted by Crippen LogP contribution is -2.32. The van der Waals surface area contributed by atoms with Gasteiger partial charge in [-0.05, 0) is 18.8 Å². The van der Waals surface area contributed by atoms with E-state index in [2.05, 4.69) is 39.0 Å². The van der Waals surface area contributed by atoms with Crippen LogP contribution in [0.25, 0.3) is 11.4 Å². The second kappa shape index (κ2) is 5.53. The highest BCUT2D eigenvalue weighted by Crippen LogP contribution is 2.27. The number of anilines is 1. The van der Waals surface area contributed by atoms with Gasteiger partial charge >= 0.3 is 0 Å². The van der Waals surface area contributed by atoms with Gasteiger partial charge in [-0.25, -0.2) is 0 Å². The number of benzene rings is 1. The predicted octanol–water partition coefficient (Wildman–Crippen LogP) is 3.61. The van der Waals surface area contributed by atoms with Gasteiger partial charge < -0.3 is 4.90 Å². The van der Waals surface area contributed by atoms with Crippen LogP contribution in [0.15, 0.2) is 43.0 Å². The monoisotopic (exact) mass is 271 g/mol. The summed E-state index contributed by atoms with van der Waals surface area (Å²) < 4.78 is 4.47. The van der Waals surface area contributed by atoms with Gasteiger partial charge in [-0.2, -0.15) is 9.36 Å². The Morgan fingerprint density at radius 3 is 2.63 bits per heavy atom. The SMILES string of the molecule is C=CC1CCN(c2nc(-c3ccccc3)ns2)CC1. The third-order valence-corrected chi connectivity index (χ3v) is 4.37. The first-order chi connectivity index (χ1) is 9.36. The Morgan fingerprint density at radius 1 is 1.21 bits per heavy atom. The molecule has 0 unspecified atom stereocenters. The molecule has 3 nitrogen and oxygen atoms in total. The van der Waals surface area contributed by atoms with Crippen molar-refractivity contribution in [2.24, 2.45) is 5.92 Å². The molecule has 0 atom stereocenters. The van der Waals surface area contributed by atoms with E-state index in [1.165, 1.54) is 24.4 Å². The summed E-state index contributed by atoms with van der Waals surface area (Å²) in [5.41, 5.74) is 1.09. The van der Waals surface area contributed by atoms with Crippen LogP contribution in [0.1, 0.15) is 12.8 Å². The quantitative estimate of drug-likeness (QED) is 0.799. The maximum Gasteiger partial charge on any atom is 0.205 e. The highest BCUT2D eigenvalue weighted by Gasteiger charge is 2.20. The molecule has 1 fully saturated rings. The highest BCUT2D eigenvalue weighted by atomic mass is 32.1. The average Bonchev–Trinajstić information content (AvgIpc) is 2.98. The minimum atomic E-state index is 0.665. The Balaban J connectivity index is 1.74. The Kier molecular flexibility index (Phi) is 3.60. The van der Waals surface area contributed by atoms with E-state index in [1.807, 2.05) is 18.2 Å². The summed E-state index contributed by atoms with van der Waals surface area (Å²) in [6.45, 7) is 5.99. The molecule has 4 heteroatoms. The van der Waals surface area contributed by atoms with Crippen LogP contribution in [-0.2, 0) is 0 Å². The number of hydrogen-bond donors (Lipinski definition) is 0. The van der Waals surface area contributed by atoms with Gasteiger partial charge in [0.15, 0.2) is 5.82 Å². The molecule has 0 amide bonds. The Morgan fingerprint density at radius 2 is 1.95 bits per heavy atom. The van der Waals surface area contributed by atoms with Crippen LogP contribution < -0.4 is 4.90 Å². The fourth-order valence-electron chi connectivity index (χ4n) is 2.37. The number of aromatic nitrogens is 2. The van der Waals surface area contributed by atoms with E-state index < -0.39 is 0 Å². The molecule has 19 heavy (non-hydrogen) atoms. The van der Waals surface area contributed by atoms with Crippen molar-refractivity contribution in [3.8, 4) is 11.4 Å². The summed E-state index contributed by atoms with van der Waals surface area (Å²) in [6, 6.07) is 10.2. The van der Waals surface area contributed by atoms with Crippen molar-refractivity contribution in [2.75, 3.05) is 18.0 Å². The molecule has 1 saturated heterocycles. The number of allylic oxidation sites excluding steroid dienone is 1. The van der Waals surface area contributed by atoms with Crippen LogP contribution in [0, 0.1) is 5.92 Å². The minimum absolute atomic E-state index is 0.665. The fourth-order valence-corrected chi connectivity index (χ4v) is 3.11. The highest BCUT2D eigenvalue weighted by molar-refractivity contribution is 7.09. The first-order valence-electron chi connectivity index (χ1n) is 6.63. The molecule has 0 spiro atoms. The van der Waals surface area contributed by atoms with E-state index in [4.69, 9.17) is 0 Å². The molecule has 0 radical (unpaired) electrons. The van der Waals surface area contributed by atoms with Crippen LogP contribution in [0.3, 0.4) is 0 Å². The van der Waals surface area contributed by atoms with Gasteiger partial charge in [0.05, 0.1) is 0 Å². The van der Waals surface area contributed by atoms with E-state index in [0.29, 0.717) is 5.92 Å². The molecule has 1 aliphatic heterocycles. The molecule has 98 valence electrons. The first kappa shape index (κ1) is 12.4. The molecule has 3 rings (SSSR count). The zero-order valence-corrected chi connectivity index (χ0v) is 11.6. The van der Waals surface area contributed by atoms with Gasteiger partial charge in [-0.15, -0.1) is 6.58 Å². The molecule has 1 aliphatic rings. The number of hydrogen-bond acceptors (Lipinski definition) is 4. The lowest BCUT2D eigenvalue weighted by molar-refractivity contribution is 0.479. The second-order valence-corrected chi connectivity index (χ2v) is 5.56. The van der Waals surface area contributed by atoms with Crippen molar-refractivity contribution in [1.29, 1.82) is 0 Å². The summed E-state index contributed by atoms with van der Waals surface area (Å²) in [5, 5.41) is 1.04. The largest absolute Gasteiger partial charge is 0.347 e. The smallest absolute Gasteiger partial charge is 0.205 e. The Bertz CT molecular complexity index is 542. The molecule has 1 aromatic heterocycles. The van der Waals surface area contributed by atoms with Crippen molar-refractivity contribution in [1.82, 2.24) is 9.36 Å². The van der Waals surface area contributed by atoms with E-state index in [0.717, 1.165) is 29.6 Å². The predicted molar refractivity (Wildman–Crippen MR) is 80.5 cm³/mol. The molecule has 0 saturated carbocycles. The topological polar surface area (TPSA) is 29.0 Å². The molecule has 1 aromatic carbocycles. The van der Waals surface area contributed by atoms with E-state index >= 15 is 0 Å². The van der Waals surface area contributed by atoms with Gasteiger partial charge in [0.2, 0.25) is 5.13 Å². The van der Waals surface area contributed by atoms with E-state index in [1.54, 1.807) is 0 Å². The first-order valence-corrected chi connectivity index (χ1v) is 7.41. The number of rotatable bonds is 3. The maximum atomic E-state index is 4.66. The van der Waals surface area contributed by atoms with Gasteiger partial charge in [0, 0.05) is 30.2 Å². The van der Waals surface area contributed by atoms with Crippen LogP contribution >= 0.6 is 11.5 Å². The Labute approximate surface area is 117 Å². The maximum absolute atomic E-state index is 4.66. The summed E-state index contributed by atoms with van der Waals surface area (Å²) in [6.07, 6.45) is 4.42. The van der Waals surface area contributed by atoms with Crippen molar-refractivity contribution in [2.45, 2.75) is 12.8 Å². The van der Waals surface area contributed by atoms with E-state index in [9.17, 15) is 0 Å². The molecule has 0 bridgehead atoms. The summed E-state index contributed by atoms with van der Waals surface area (Å²) in [4.78, 5) is 7.00. The van der Waals surface area contributed by atoms with Gasteiger partial charge in [0.25, 0.3) is 0 Å². The third-order valence-electron chi connectivity index (χ3n) is 3.59. The lowest BCUT2D eigenvalue weighted by Gasteiger charge is -2.29. The van der Waals surface area contributed by atoms with Crippen molar-refractivity contribution in [3.05, 3.63) is 43.0 Å². The number of nitrogens with zero attached hydrogens (tertiary/aromatic N) is 3. The minimum Gasteiger partial charge on any atom is -0.347 e. The molecular formula is C15H17N3S. The van der Waals surface area contributed by atoms with E-state index in [-0.39, 0.29) is 0 Å². The standard InChI is InChI=1S/C15H17N3S/c1-2-12-8-10-18(11-9-12)15-16-14(17-19-15)13-6-4-3-5-7-13/h2-7,12H,1,8-11H2. The average molecular weight is 271 g/mol. The van der Waals surface area contributed by atoms with Crippen LogP contribution in [0.5, 0.6) is 0 Å². The van der Waals surface area contributed by atoms with Crippen molar-refractivity contribution < 1.29 is 0 Å². The molecular weight excluding hydrogens is 254 g/mol. The van der Waals surface area contributed by atoms with Gasteiger partial charge in [-0.3, -0.25) is 0 Å².